The highest BCUT2D eigenvalue weighted by atomic mass is 16.2. The van der Waals surface area contributed by atoms with Gasteiger partial charge >= 0.3 is 5.69 Å². The molecular weight excluding hydrogens is 332 g/mol. The van der Waals surface area contributed by atoms with Crippen LogP contribution in [0.15, 0.2) is 46.1 Å². The summed E-state index contributed by atoms with van der Waals surface area (Å²) in [5.74, 6) is 0.306. The van der Waals surface area contributed by atoms with E-state index in [1.807, 2.05) is 0 Å². The van der Waals surface area contributed by atoms with Crippen molar-refractivity contribution in [1.29, 1.82) is 0 Å². The molecule has 0 bridgehead atoms. The summed E-state index contributed by atoms with van der Waals surface area (Å²) in [6.45, 7) is 5.40. The molecule has 7 heteroatoms. The van der Waals surface area contributed by atoms with Crippen molar-refractivity contribution in [3.63, 3.8) is 0 Å². The maximum atomic E-state index is 12.0. The van der Waals surface area contributed by atoms with Gasteiger partial charge in [-0.2, -0.15) is 0 Å². The molecule has 1 atom stereocenters. The van der Waals surface area contributed by atoms with E-state index in [9.17, 15) is 14.4 Å². The first kappa shape index (κ1) is 18.1. The Balaban J connectivity index is 1.44. The van der Waals surface area contributed by atoms with Gasteiger partial charge < -0.3 is 10.2 Å². The average molecular weight is 356 g/mol. The zero-order chi connectivity index (χ0) is 18.5. The molecule has 1 fully saturated rings. The van der Waals surface area contributed by atoms with Crippen LogP contribution >= 0.6 is 0 Å². The molecule has 2 heterocycles. The second kappa shape index (κ2) is 8.14. The lowest BCUT2D eigenvalue weighted by Gasteiger charge is -2.17. The second-order valence-corrected chi connectivity index (χ2v) is 6.73. The Kier molecular flexibility index (Phi) is 5.68. The Labute approximate surface area is 151 Å². The number of carbonyl (C=O) groups is 1. The predicted molar refractivity (Wildman–Crippen MR) is 99.3 cm³/mol. The number of nitrogens with zero attached hydrogens (tertiary/aromatic N) is 2. The zero-order valence-electron chi connectivity index (χ0n) is 14.9. The second-order valence-electron chi connectivity index (χ2n) is 6.73. The number of likely N-dealkylation sites (tertiary alicyclic amines) is 1. The van der Waals surface area contributed by atoms with Gasteiger partial charge in [-0.3, -0.25) is 19.1 Å². The van der Waals surface area contributed by atoms with Crippen LogP contribution < -0.4 is 16.6 Å². The maximum Gasteiger partial charge on any atom is 0.328 e. The van der Waals surface area contributed by atoms with Gasteiger partial charge in [0.2, 0.25) is 5.91 Å². The van der Waals surface area contributed by atoms with Crippen molar-refractivity contribution in [3.8, 4) is 0 Å². The number of nitrogens with one attached hydrogen (secondary N) is 2. The lowest BCUT2D eigenvalue weighted by atomic mass is 9.94. The smallest absolute Gasteiger partial charge is 0.328 e. The number of H-pyrrole nitrogens is 1. The van der Waals surface area contributed by atoms with E-state index in [0.717, 1.165) is 26.1 Å². The minimum atomic E-state index is -0.576. The first-order valence-electron chi connectivity index (χ1n) is 8.87. The summed E-state index contributed by atoms with van der Waals surface area (Å²) in [5, 5.41) is 2.83. The van der Waals surface area contributed by atoms with E-state index in [0.29, 0.717) is 12.5 Å². The van der Waals surface area contributed by atoms with Crippen LogP contribution in [0, 0.1) is 6.92 Å². The number of benzene rings is 1. The highest BCUT2D eigenvalue weighted by molar-refractivity contribution is 5.75. The van der Waals surface area contributed by atoms with Crippen LogP contribution in [0.5, 0.6) is 0 Å². The lowest BCUT2D eigenvalue weighted by Crippen LogP contribution is -2.38. The summed E-state index contributed by atoms with van der Waals surface area (Å²) in [4.78, 5) is 39.1. The first-order chi connectivity index (χ1) is 12.5. The third kappa shape index (κ3) is 4.49. The summed E-state index contributed by atoms with van der Waals surface area (Å²) in [6, 6.07) is 9.73. The van der Waals surface area contributed by atoms with E-state index in [4.69, 9.17) is 0 Å². The van der Waals surface area contributed by atoms with Gasteiger partial charge in [-0.15, -0.1) is 0 Å². The molecule has 3 rings (SSSR count). The molecule has 1 aliphatic heterocycles. The molecule has 138 valence electrons. The zero-order valence-corrected chi connectivity index (χ0v) is 14.9. The van der Waals surface area contributed by atoms with Crippen molar-refractivity contribution in [2.24, 2.45) is 0 Å². The SMILES string of the molecule is Cc1ccccc1[C@@H]1CCN(CCNC(=O)Cn2ccc(=O)[nH]c2=O)C1. The van der Waals surface area contributed by atoms with Crippen molar-refractivity contribution >= 4 is 5.91 Å². The summed E-state index contributed by atoms with van der Waals surface area (Å²) >= 11 is 0. The van der Waals surface area contributed by atoms with E-state index in [2.05, 4.69) is 46.4 Å². The molecule has 0 aliphatic carbocycles. The summed E-state index contributed by atoms with van der Waals surface area (Å²) in [6.07, 6.45) is 2.46. The largest absolute Gasteiger partial charge is 0.353 e. The molecule has 0 spiro atoms. The number of hydrogen-bond acceptors (Lipinski definition) is 4. The highest BCUT2D eigenvalue weighted by Crippen LogP contribution is 2.28. The minimum absolute atomic E-state index is 0.0958. The van der Waals surface area contributed by atoms with Crippen LogP contribution in [-0.4, -0.2) is 46.5 Å². The van der Waals surface area contributed by atoms with E-state index in [1.54, 1.807) is 0 Å². The fourth-order valence-corrected chi connectivity index (χ4v) is 3.47. The Hall–Kier alpha value is -2.67. The van der Waals surface area contributed by atoms with Gasteiger partial charge in [0, 0.05) is 31.9 Å². The predicted octanol–water partition coefficient (Wildman–Crippen LogP) is 0.451. The van der Waals surface area contributed by atoms with Gasteiger partial charge in [0.1, 0.15) is 6.54 Å². The Bertz CT molecular complexity index is 887. The molecule has 0 saturated carbocycles. The monoisotopic (exact) mass is 356 g/mol. The molecule has 2 N–H and O–H groups in total. The van der Waals surface area contributed by atoms with Crippen molar-refractivity contribution < 1.29 is 4.79 Å². The van der Waals surface area contributed by atoms with E-state index in [-0.39, 0.29) is 12.5 Å². The number of carbonyl (C=O) groups excluding carboxylic acids is 1. The van der Waals surface area contributed by atoms with Gasteiger partial charge in [0.25, 0.3) is 5.56 Å². The highest BCUT2D eigenvalue weighted by Gasteiger charge is 2.24. The fourth-order valence-electron chi connectivity index (χ4n) is 3.47. The van der Waals surface area contributed by atoms with E-state index < -0.39 is 11.2 Å². The molecular formula is C19H24N4O3. The fraction of sp³-hybridized carbons (Fsp3) is 0.421. The number of hydrogen-bond donors (Lipinski definition) is 2. The number of aromatic nitrogens is 2. The molecule has 1 aromatic carbocycles. The number of aryl methyl sites for hydroxylation is 1. The first-order valence-corrected chi connectivity index (χ1v) is 8.87. The van der Waals surface area contributed by atoms with Crippen LogP contribution in [0.2, 0.25) is 0 Å². The quantitative estimate of drug-likeness (QED) is 0.787. The molecule has 7 nitrogen and oxygen atoms in total. The van der Waals surface area contributed by atoms with Crippen LogP contribution in [0.25, 0.3) is 0 Å². The van der Waals surface area contributed by atoms with Crippen LogP contribution in [0.1, 0.15) is 23.5 Å². The van der Waals surface area contributed by atoms with Crippen molar-refractivity contribution in [1.82, 2.24) is 19.8 Å². The standard InChI is InChI=1S/C19H24N4O3/c1-14-4-2-3-5-16(14)15-6-9-22(12-15)11-8-20-18(25)13-23-10-7-17(24)21-19(23)26/h2-5,7,10,15H,6,8-9,11-13H2,1H3,(H,20,25)(H,21,24,26)/t15-/m1/s1. The molecule has 1 aromatic heterocycles. The molecule has 0 unspecified atom stereocenters. The normalized spacial score (nSPS) is 17.3. The number of rotatable bonds is 6. The van der Waals surface area contributed by atoms with Crippen LogP contribution in [0.3, 0.4) is 0 Å². The minimum Gasteiger partial charge on any atom is -0.353 e. The van der Waals surface area contributed by atoms with Crippen molar-refractivity contribution in [2.75, 3.05) is 26.2 Å². The van der Waals surface area contributed by atoms with E-state index >= 15 is 0 Å². The molecule has 1 amide bonds. The number of amides is 1. The topological polar surface area (TPSA) is 87.2 Å². The maximum absolute atomic E-state index is 12.0. The van der Waals surface area contributed by atoms with Gasteiger partial charge in [0.05, 0.1) is 0 Å². The Morgan fingerprint density at radius 2 is 2.08 bits per heavy atom. The van der Waals surface area contributed by atoms with Gasteiger partial charge in [0.15, 0.2) is 0 Å². The van der Waals surface area contributed by atoms with Crippen molar-refractivity contribution in [2.45, 2.75) is 25.8 Å². The summed E-state index contributed by atoms with van der Waals surface area (Å²) in [7, 11) is 0. The third-order valence-electron chi connectivity index (χ3n) is 4.86. The van der Waals surface area contributed by atoms with Crippen molar-refractivity contribution in [3.05, 3.63) is 68.5 Å². The molecule has 26 heavy (non-hydrogen) atoms. The summed E-state index contributed by atoms with van der Waals surface area (Å²) < 4.78 is 1.18. The van der Waals surface area contributed by atoms with Gasteiger partial charge in [-0.25, -0.2) is 4.79 Å². The average Bonchev–Trinajstić information content (AvgIpc) is 3.06. The molecule has 2 aromatic rings. The molecule has 1 saturated heterocycles. The molecule has 1 aliphatic rings. The van der Waals surface area contributed by atoms with Crippen LogP contribution in [0.4, 0.5) is 0 Å². The number of aromatic amines is 1. The Morgan fingerprint density at radius 1 is 1.27 bits per heavy atom. The third-order valence-corrected chi connectivity index (χ3v) is 4.86. The van der Waals surface area contributed by atoms with Gasteiger partial charge in [-0.1, -0.05) is 24.3 Å². The van der Waals surface area contributed by atoms with Gasteiger partial charge in [-0.05, 0) is 36.9 Å². The van der Waals surface area contributed by atoms with Crippen LogP contribution in [-0.2, 0) is 11.3 Å². The van der Waals surface area contributed by atoms with E-state index in [1.165, 1.54) is 28.0 Å². The Morgan fingerprint density at radius 3 is 2.85 bits per heavy atom. The lowest BCUT2D eigenvalue weighted by molar-refractivity contribution is -0.121. The summed E-state index contributed by atoms with van der Waals surface area (Å²) in [5.41, 5.74) is 1.70. The molecule has 0 radical (unpaired) electrons.